The molecule has 0 fully saturated rings. The number of anilines is 1. The Morgan fingerprint density at radius 2 is 1.61 bits per heavy atom. The monoisotopic (exact) mass is 450 g/mol. The van der Waals surface area contributed by atoms with Crippen LogP contribution in [0.25, 0.3) is 0 Å². The second-order valence-corrected chi connectivity index (χ2v) is 8.26. The first-order chi connectivity index (χ1) is 14.7. The van der Waals surface area contributed by atoms with Crippen LogP contribution in [0.15, 0.2) is 35.2 Å². The summed E-state index contributed by atoms with van der Waals surface area (Å²) in [5, 5.41) is 2.73. The van der Waals surface area contributed by atoms with Gasteiger partial charge in [0.15, 0.2) is 11.5 Å². The van der Waals surface area contributed by atoms with Gasteiger partial charge in [0, 0.05) is 24.2 Å². The second kappa shape index (κ2) is 10.2. The standard InChI is InChI=1S/C21H26N2O7S/c1-6-9-22-20(24)15-10-14(8-7-13(15)2)31(26,27)23-17-12-19(29-4)18(28-3)11-16(17)21(25)30-5/h7-8,10-12,23H,6,9H2,1-5H3,(H,22,24). The van der Waals surface area contributed by atoms with Crippen molar-refractivity contribution < 1.29 is 32.2 Å². The van der Waals surface area contributed by atoms with Gasteiger partial charge >= 0.3 is 5.97 Å². The number of aryl methyl sites for hydroxylation is 1. The highest BCUT2D eigenvalue weighted by atomic mass is 32.2. The van der Waals surface area contributed by atoms with E-state index in [0.717, 1.165) is 6.42 Å². The number of sulfonamides is 1. The fourth-order valence-electron chi connectivity index (χ4n) is 2.79. The Labute approximate surface area is 181 Å². The first-order valence-corrected chi connectivity index (χ1v) is 10.9. The molecule has 0 heterocycles. The molecule has 0 unspecified atom stereocenters. The number of benzene rings is 2. The fraction of sp³-hybridized carbons (Fsp3) is 0.333. The Hall–Kier alpha value is -3.27. The number of nitrogens with one attached hydrogen (secondary N) is 2. The van der Waals surface area contributed by atoms with Gasteiger partial charge in [-0.2, -0.15) is 0 Å². The zero-order chi connectivity index (χ0) is 23.2. The lowest BCUT2D eigenvalue weighted by Gasteiger charge is -2.16. The molecule has 0 aliphatic carbocycles. The van der Waals surface area contributed by atoms with Gasteiger partial charge in [-0.3, -0.25) is 9.52 Å². The molecule has 0 saturated heterocycles. The minimum Gasteiger partial charge on any atom is -0.493 e. The summed E-state index contributed by atoms with van der Waals surface area (Å²) in [5.74, 6) is -0.674. The molecule has 0 spiro atoms. The van der Waals surface area contributed by atoms with Crippen LogP contribution in [0.3, 0.4) is 0 Å². The molecule has 0 radical (unpaired) electrons. The number of hydrogen-bond acceptors (Lipinski definition) is 7. The Bertz CT molecular complexity index is 1080. The van der Waals surface area contributed by atoms with Crippen molar-refractivity contribution >= 4 is 27.6 Å². The summed E-state index contributed by atoms with van der Waals surface area (Å²) in [6.45, 7) is 4.11. The Morgan fingerprint density at radius 1 is 0.968 bits per heavy atom. The van der Waals surface area contributed by atoms with E-state index >= 15 is 0 Å². The summed E-state index contributed by atoms with van der Waals surface area (Å²) < 4.78 is 43.6. The summed E-state index contributed by atoms with van der Waals surface area (Å²) in [5.41, 5.74) is 0.768. The lowest BCUT2D eigenvalue weighted by Crippen LogP contribution is -2.25. The van der Waals surface area contributed by atoms with Crippen LogP contribution in [0, 0.1) is 6.92 Å². The third kappa shape index (κ3) is 5.46. The van der Waals surface area contributed by atoms with Gasteiger partial charge in [-0.1, -0.05) is 13.0 Å². The van der Waals surface area contributed by atoms with Gasteiger partial charge in [0.05, 0.1) is 37.5 Å². The van der Waals surface area contributed by atoms with Crippen molar-refractivity contribution in [3.8, 4) is 11.5 Å². The molecule has 1 amide bonds. The van der Waals surface area contributed by atoms with Crippen LogP contribution < -0.4 is 19.5 Å². The summed E-state index contributed by atoms with van der Waals surface area (Å²) >= 11 is 0. The van der Waals surface area contributed by atoms with E-state index in [1.165, 1.54) is 45.6 Å². The third-order valence-electron chi connectivity index (χ3n) is 4.47. The highest BCUT2D eigenvalue weighted by Gasteiger charge is 2.23. The van der Waals surface area contributed by atoms with Gasteiger partial charge in [-0.05, 0) is 31.0 Å². The van der Waals surface area contributed by atoms with E-state index in [0.29, 0.717) is 12.1 Å². The summed E-state index contributed by atoms with van der Waals surface area (Å²) in [6.07, 6.45) is 0.750. The minimum absolute atomic E-state index is 0.0536. The average molecular weight is 451 g/mol. The predicted octanol–water partition coefficient (Wildman–Crippen LogP) is 2.74. The molecule has 31 heavy (non-hydrogen) atoms. The van der Waals surface area contributed by atoms with Crippen LogP contribution >= 0.6 is 0 Å². The minimum atomic E-state index is -4.15. The number of ether oxygens (including phenoxy) is 3. The van der Waals surface area contributed by atoms with Gasteiger partial charge in [0.25, 0.3) is 15.9 Å². The number of methoxy groups -OCH3 is 3. The molecule has 0 bridgehead atoms. The van der Waals surface area contributed by atoms with Crippen molar-refractivity contribution in [1.82, 2.24) is 5.32 Å². The van der Waals surface area contributed by atoms with Crippen molar-refractivity contribution in [3.63, 3.8) is 0 Å². The molecular weight excluding hydrogens is 424 g/mol. The van der Waals surface area contributed by atoms with Gasteiger partial charge in [-0.25, -0.2) is 13.2 Å². The molecule has 0 aliphatic heterocycles. The predicted molar refractivity (Wildman–Crippen MR) is 115 cm³/mol. The molecule has 0 saturated carbocycles. The van der Waals surface area contributed by atoms with Crippen molar-refractivity contribution in [2.24, 2.45) is 0 Å². The van der Waals surface area contributed by atoms with Gasteiger partial charge in [-0.15, -0.1) is 0 Å². The van der Waals surface area contributed by atoms with Crippen molar-refractivity contribution in [3.05, 3.63) is 47.0 Å². The molecule has 2 aromatic rings. The van der Waals surface area contributed by atoms with E-state index in [9.17, 15) is 18.0 Å². The summed E-state index contributed by atoms with van der Waals surface area (Å²) in [7, 11) is -0.197. The second-order valence-electron chi connectivity index (χ2n) is 6.58. The van der Waals surface area contributed by atoms with Crippen LogP contribution in [0.2, 0.25) is 0 Å². The maximum atomic E-state index is 13.1. The lowest BCUT2D eigenvalue weighted by molar-refractivity contribution is 0.0601. The number of rotatable bonds is 9. The Kier molecular flexibility index (Phi) is 7.87. The smallest absolute Gasteiger partial charge is 0.340 e. The van der Waals surface area contributed by atoms with Crippen LogP contribution in [0.5, 0.6) is 11.5 Å². The third-order valence-corrected chi connectivity index (χ3v) is 5.84. The molecular formula is C21H26N2O7S. The highest BCUT2D eigenvalue weighted by molar-refractivity contribution is 7.92. The number of carbonyl (C=O) groups is 2. The molecule has 2 N–H and O–H groups in total. The SMILES string of the molecule is CCCNC(=O)c1cc(S(=O)(=O)Nc2cc(OC)c(OC)cc2C(=O)OC)ccc1C. The van der Waals surface area contributed by atoms with Crippen molar-refractivity contribution in [1.29, 1.82) is 0 Å². The Morgan fingerprint density at radius 3 is 2.19 bits per heavy atom. The van der Waals surface area contributed by atoms with E-state index in [-0.39, 0.29) is 39.1 Å². The molecule has 2 rings (SSSR count). The average Bonchev–Trinajstić information content (AvgIpc) is 2.76. The molecule has 9 nitrogen and oxygen atoms in total. The molecule has 10 heteroatoms. The molecule has 0 aromatic heterocycles. The van der Waals surface area contributed by atoms with E-state index in [1.807, 2.05) is 6.92 Å². The topological polar surface area (TPSA) is 120 Å². The van der Waals surface area contributed by atoms with E-state index in [2.05, 4.69) is 10.0 Å². The largest absolute Gasteiger partial charge is 0.493 e. The molecule has 0 aliphatic rings. The van der Waals surface area contributed by atoms with E-state index in [1.54, 1.807) is 13.0 Å². The van der Waals surface area contributed by atoms with Crippen LogP contribution in [0.1, 0.15) is 39.6 Å². The van der Waals surface area contributed by atoms with Crippen LogP contribution in [-0.4, -0.2) is 48.2 Å². The van der Waals surface area contributed by atoms with Crippen molar-refractivity contribution in [2.45, 2.75) is 25.2 Å². The summed E-state index contributed by atoms with van der Waals surface area (Å²) in [6, 6.07) is 6.87. The number of amides is 1. The van der Waals surface area contributed by atoms with Crippen LogP contribution in [-0.2, 0) is 14.8 Å². The number of esters is 1. The molecule has 2 aromatic carbocycles. The molecule has 0 atom stereocenters. The maximum absolute atomic E-state index is 13.1. The van der Waals surface area contributed by atoms with Gasteiger partial charge < -0.3 is 19.5 Å². The molecule has 168 valence electrons. The summed E-state index contributed by atoms with van der Waals surface area (Å²) in [4.78, 5) is 24.5. The van der Waals surface area contributed by atoms with E-state index < -0.39 is 16.0 Å². The van der Waals surface area contributed by atoms with Crippen molar-refractivity contribution in [2.75, 3.05) is 32.6 Å². The van der Waals surface area contributed by atoms with E-state index in [4.69, 9.17) is 14.2 Å². The maximum Gasteiger partial charge on any atom is 0.340 e. The lowest BCUT2D eigenvalue weighted by atomic mass is 10.1. The fourth-order valence-corrected chi connectivity index (χ4v) is 3.89. The quantitative estimate of drug-likeness (QED) is 0.564. The van der Waals surface area contributed by atoms with Gasteiger partial charge in [0.2, 0.25) is 0 Å². The Balaban J connectivity index is 2.51. The number of carbonyl (C=O) groups excluding carboxylic acids is 2. The first kappa shape index (κ1) is 24.0. The first-order valence-electron chi connectivity index (χ1n) is 9.44. The number of hydrogen-bond donors (Lipinski definition) is 2. The van der Waals surface area contributed by atoms with Crippen LogP contribution in [0.4, 0.5) is 5.69 Å². The zero-order valence-electron chi connectivity index (χ0n) is 18.1. The van der Waals surface area contributed by atoms with Gasteiger partial charge in [0.1, 0.15) is 0 Å². The zero-order valence-corrected chi connectivity index (χ0v) is 18.9. The normalized spacial score (nSPS) is 10.9. The highest BCUT2D eigenvalue weighted by Crippen LogP contribution is 2.35.